The van der Waals surface area contributed by atoms with Crippen LogP contribution in [-0.4, -0.2) is 43.3 Å². The second-order valence-electron chi connectivity index (χ2n) is 5.53. The Bertz CT molecular complexity index is 478. The smallest absolute Gasteiger partial charge is 0.415 e. The van der Waals surface area contributed by atoms with Crippen molar-refractivity contribution in [3.63, 3.8) is 0 Å². The summed E-state index contributed by atoms with van der Waals surface area (Å²) < 4.78 is 5.66. The fraction of sp³-hybridized carbons (Fsp3) is 0.500. The monoisotopic (exact) mass is 261 g/mol. The highest BCUT2D eigenvalue weighted by Gasteiger charge is 2.46. The molecule has 2 aliphatic rings. The molecule has 2 heterocycles. The van der Waals surface area contributed by atoms with Crippen molar-refractivity contribution in [2.75, 3.05) is 37.3 Å². The second-order valence-corrected chi connectivity index (χ2v) is 5.53. The van der Waals surface area contributed by atoms with Crippen LogP contribution in [0.25, 0.3) is 0 Å². The summed E-state index contributed by atoms with van der Waals surface area (Å²) in [7, 11) is 2.10. The number of carbonyl (C=O) groups excluding carboxylic acids is 1. The van der Waals surface area contributed by atoms with Crippen LogP contribution in [0.4, 0.5) is 16.2 Å². The minimum Gasteiger partial charge on any atom is -0.441 e. The average molecular weight is 261 g/mol. The molecule has 5 nitrogen and oxygen atoms in total. The number of nitrogens with two attached hydrogens (primary N) is 1. The van der Waals surface area contributed by atoms with E-state index in [0.29, 0.717) is 12.2 Å². The maximum absolute atomic E-state index is 12.1. The van der Waals surface area contributed by atoms with E-state index in [9.17, 15) is 4.79 Å². The second kappa shape index (κ2) is 4.42. The Morgan fingerprint density at radius 3 is 2.47 bits per heavy atom. The summed E-state index contributed by atoms with van der Waals surface area (Å²) in [6.45, 7) is 2.59. The number of ether oxygens (including phenoxy) is 1. The van der Waals surface area contributed by atoms with Crippen LogP contribution in [0.2, 0.25) is 0 Å². The molecule has 0 unspecified atom stereocenters. The predicted octanol–water partition coefficient (Wildman–Crippen LogP) is 1.69. The molecule has 3 rings (SSSR count). The third kappa shape index (κ3) is 2.26. The molecule has 2 aliphatic heterocycles. The number of likely N-dealkylation sites (tertiary alicyclic amines) is 1. The van der Waals surface area contributed by atoms with Crippen LogP contribution in [0.3, 0.4) is 0 Å². The minimum absolute atomic E-state index is 0.241. The predicted molar refractivity (Wildman–Crippen MR) is 74.1 cm³/mol. The molecule has 0 bridgehead atoms. The largest absolute Gasteiger partial charge is 0.441 e. The van der Waals surface area contributed by atoms with Gasteiger partial charge in [-0.05, 0) is 31.3 Å². The van der Waals surface area contributed by atoms with E-state index in [0.717, 1.165) is 31.6 Å². The molecular weight excluding hydrogens is 242 g/mol. The van der Waals surface area contributed by atoms with Gasteiger partial charge in [-0.15, -0.1) is 0 Å². The summed E-state index contributed by atoms with van der Waals surface area (Å²) in [6, 6.07) is 7.35. The molecule has 0 saturated carbocycles. The molecule has 1 aromatic rings. The average Bonchev–Trinajstić information content (AvgIpc) is 2.72. The lowest BCUT2D eigenvalue weighted by Gasteiger charge is -2.35. The van der Waals surface area contributed by atoms with Gasteiger partial charge >= 0.3 is 6.09 Å². The topological polar surface area (TPSA) is 58.8 Å². The molecule has 0 radical (unpaired) electrons. The van der Waals surface area contributed by atoms with Gasteiger partial charge in [-0.3, -0.25) is 4.90 Å². The zero-order chi connectivity index (χ0) is 13.5. The third-order valence-corrected chi connectivity index (χ3v) is 4.07. The molecule has 0 atom stereocenters. The first-order valence-corrected chi connectivity index (χ1v) is 6.63. The number of benzene rings is 1. The molecule has 2 saturated heterocycles. The van der Waals surface area contributed by atoms with Crippen LogP contribution in [0.1, 0.15) is 12.8 Å². The van der Waals surface area contributed by atoms with E-state index in [1.54, 1.807) is 4.90 Å². The first-order chi connectivity index (χ1) is 9.08. The maximum Gasteiger partial charge on any atom is 0.415 e. The number of hydrogen-bond donors (Lipinski definition) is 1. The van der Waals surface area contributed by atoms with Gasteiger partial charge in [-0.2, -0.15) is 0 Å². The maximum atomic E-state index is 12.1. The summed E-state index contributed by atoms with van der Waals surface area (Å²) in [6.07, 6.45) is 1.57. The normalized spacial score (nSPS) is 22.8. The zero-order valence-electron chi connectivity index (χ0n) is 11.1. The lowest BCUT2D eigenvalue weighted by Crippen LogP contribution is -2.45. The zero-order valence-corrected chi connectivity index (χ0v) is 11.1. The highest BCUT2D eigenvalue weighted by atomic mass is 16.6. The number of anilines is 2. The van der Waals surface area contributed by atoms with Crippen molar-refractivity contribution in [1.29, 1.82) is 0 Å². The number of carbonyl (C=O) groups is 1. The van der Waals surface area contributed by atoms with Crippen LogP contribution in [-0.2, 0) is 4.74 Å². The van der Waals surface area contributed by atoms with Crippen LogP contribution in [0.5, 0.6) is 0 Å². The molecule has 102 valence electrons. The molecule has 19 heavy (non-hydrogen) atoms. The highest BCUT2D eigenvalue weighted by molar-refractivity contribution is 5.90. The van der Waals surface area contributed by atoms with Crippen molar-refractivity contribution in [3.05, 3.63) is 24.3 Å². The van der Waals surface area contributed by atoms with E-state index in [-0.39, 0.29) is 11.7 Å². The van der Waals surface area contributed by atoms with Gasteiger partial charge in [0.2, 0.25) is 0 Å². The van der Waals surface area contributed by atoms with Crippen LogP contribution in [0.15, 0.2) is 24.3 Å². The lowest BCUT2D eigenvalue weighted by molar-refractivity contribution is 0.00678. The Balaban J connectivity index is 1.78. The number of rotatable bonds is 1. The Morgan fingerprint density at radius 1 is 1.21 bits per heavy atom. The van der Waals surface area contributed by atoms with Crippen molar-refractivity contribution in [2.45, 2.75) is 18.4 Å². The fourth-order valence-corrected chi connectivity index (χ4v) is 2.76. The minimum atomic E-state index is -0.301. The molecule has 2 fully saturated rings. The first-order valence-electron chi connectivity index (χ1n) is 6.63. The first kappa shape index (κ1) is 12.3. The molecule has 1 aromatic carbocycles. The van der Waals surface area contributed by atoms with E-state index < -0.39 is 0 Å². The van der Waals surface area contributed by atoms with Crippen LogP contribution < -0.4 is 10.6 Å². The van der Waals surface area contributed by atoms with Crippen molar-refractivity contribution in [1.82, 2.24) is 4.90 Å². The van der Waals surface area contributed by atoms with Crippen molar-refractivity contribution in [2.24, 2.45) is 0 Å². The summed E-state index contributed by atoms with van der Waals surface area (Å²) in [5, 5.41) is 0. The van der Waals surface area contributed by atoms with Gasteiger partial charge in [-0.1, -0.05) is 0 Å². The quantitative estimate of drug-likeness (QED) is 0.782. The van der Waals surface area contributed by atoms with E-state index in [1.807, 2.05) is 24.3 Å². The van der Waals surface area contributed by atoms with Gasteiger partial charge in [0.25, 0.3) is 0 Å². The van der Waals surface area contributed by atoms with Gasteiger partial charge in [-0.25, -0.2) is 4.79 Å². The SMILES string of the molecule is CN1CCC2(CC1)CN(c1ccc(N)cc1)C(=O)O2. The Kier molecular flexibility index (Phi) is 2.86. The third-order valence-electron chi connectivity index (χ3n) is 4.07. The van der Waals surface area contributed by atoms with E-state index >= 15 is 0 Å². The van der Waals surface area contributed by atoms with Gasteiger partial charge in [0, 0.05) is 37.3 Å². The van der Waals surface area contributed by atoms with Crippen molar-refractivity contribution in [3.8, 4) is 0 Å². The number of amides is 1. The van der Waals surface area contributed by atoms with Crippen LogP contribution >= 0.6 is 0 Å². The number of nitrogens with zero attached hydrogens (tertiary/aromatic N) is 2. The molecule has 1 amide bonds. The van der Waals surface area contributed by atoms with Gasteiger partial charge < -0.3 is 15.4 Å². The molecule has 0 aliphatic carbocycles. The summed E-state index contributed by atoms with van der Waals surface area (Å²) in [5.74, 6) is 0. The molecule has 5 heteroatoms. The number of hydrogen-bond acceptors (Lipinski definition) is 4. The summed E-state index contributed by atoms with van der Waals surface area (Å²) >= 11 is 0. The summed E-state index contributed by atoms with van der Waals surface area (Å²) in [5.41, 5.74) is 6.93. The van der Waals surface area contributed by atoms with Crippen LogP contribution in [0, 0.1) is 0 Å². The molecule has 2 N–H and O–H groups in total. The van der Waals surface area contributed by atoms with Gasteiger partial charge in [0.15, 0.2) is 0 Å². The fourth-order valence-electron chi connectivity index (χ4n) is 2.76. The van der Waals surface area contributed by atoms with Crippen molar-refractivity contribution >= 4 is 17.5 Å². The standard InChI is InChI=1S/C14H19N3O2/c1-16-8-6-14(7-9-16)10-17(13(18)19-14)12-4-2-11(15)3-5-12/h2-5H,6-10,15H2,1H3. The molecular formula is C14H19N3O2. The summed E-state index contributed by atoms with van der Waals surface area (Å²) in [4.78, 5) is 16.1. The van der Waals surface area contributed by atoms with Crippen molar-refractivity contribution < 1.29 is 9.53 Å². The number of nitrogen functional groups attached to an aromatic ring is 1. The van der Waals surface area contributed by atoms with Gasteiger partial charge in [0.1, 0.15) is 5.60 Å². The highest BCUT2D eigenvalue weighted by Crippen LogP contribution is 2.35. The Morgan fingerprint density at radius 2 is 1.84 bits per heavy atom. The molecule has 1 spiro atoms. The van der Waals surface area contributed by atoms with Gasteiger partial charge in [0.05, 0.1) is 6.54 Å². The van der Waals surface area contributed by atoms with E-state index in [4.69, 9.17) is 10.5 Å². The number of piperidine rings is 1. The molecule has 0 aromatic heterocycles. The Labute approximate surface area is 112 Å². The Hall–Kier alpha value is -1.75. The van der Waals surface area contributed by atoms with E-state index in [2.05, 4.69) is 11.9 Å². The van der Waals surface area contributed by atoms with E-state index in [1.165, 1.54) is 0 Å². The lowest BCUT2D eigenvalue weighted by atomic mass is 9.91.